The van der Waals surface area contributed by atoms with Gasteiger partial charge in [0.05, 0.1) is 5.56 Å². The molecule has 1 aliphatic rings. The summed E-state index contributed by atoms with van der Waals surface area (Å²) in [6, 6.07) is 13.9. The number of benzene rings is 2. The van der Waals surface area contributed by atoms with Crippen LogP contribution in [-0.2, 0) is 27.4 Å². The highest BCUT2D eigenvalue weighted by molar-refractivity contribution is 6.00. The minimum atomic E-state index is -0.874. The average Bonchev–Trinajstić information content (AvgIpc) is 3.70. The van der Waals surface area contributed by atoms with Gasteiger partial charge in [-0.2, -0.15) is 0 Å². The van der Waals surface area contributed by atoms with E-state index in [1.165, 1.54) is 9.80 Å². The third-order valence-electron chi connectivity index (χ3n) is 8.00. The van der Waals surface area contributed by atoms with Crippen LogP contribution in [0.15, 0.2) is 59.0 Å². The van der Waals surface area contributed by atoms with Crippen LogP contribution in [0.3, 0.4) is 0 Å². The number of aryl methyl sites for hydroxylation is 1. The van der Waals surface area contributed by atoms with Crippen LogP contribution in [0.1, 0.15) is 60.8 Å². The van der Waals surface area contributed by atoms with Crippen molar-refractivity contribution in [2.75, 3.05) is 27.7 Å². The lowest BCUT2D eigenvalue weighted by Crippen LogP contribution is -2.57. The molecule has 4 amide bonds. The smallest absolute Gasteiger partial charge is 0.255 e. The second kappa shape index (κ2) is 15.5. The molecular formula is C34H44N6O6. The maximum atomic E-state index is 14.1. The van der Waals surface area contributed by atoms with Crippen molar-refractivity contribution in [3.63, 3.8) is 0 Å². The summed E-state index contributed by atoms with van der Waals surface area (Å²) in [5, 5.41) is 10.6. The summed E-state index contributed by atoms with van der Waals surface area (Å²) in [6.07, 6.45) is 1.82. The van der Waals surface area contributed by atoms with Crippen LogP contribution >= 0.6 is 0 Å². The fourth-order valence-electron chi connectivity index (χ4n) is 5.65. The Morgan fingerprint density at radius 2 is 1.72 bits per heavy atom. The lowest BCUT2D eigenvalue weighted by atomic mass is 10.0. The van der Waals surface area contributed by atoms with Crippen molar-refractivity contribution in [2.24, 2.45) is 5.92 Å². The Morgan fingerprint density at radius 3 is 2.37 bits per heavy atom. The number of amides is 4. The van der Waals surface area contributed by atoms with Gasteiger partial charge < -0.3 is 29.2 Å². The van der Waals surface area contributed by atoms with Gasteiger partial charge in [0.25, 0.3) is 11.8 Å². The summed E-state index contributed by atoms with van der Waals surface area (Å²) in [7, 11) is 4.95. The number of carbonyl (C=O) groups is 4. The van der Waals surface area contributed by atoms with Gasteiger partial charge in [-0.1, -0.05) is 56.3 Å². The highest BCUT2D eigenvalue weighted by Gasteiger charge is 2.41. The van der Waals surface area contributed by atoms with Crippen LogP contribution in [0.5, 0.6) is 5.75 Å². The van der Waals surface area contributed by atoms with Crippen molar-refractivity contribution >= 4 is 23.6 Å². The second-order valence-corrected chi connectivity index (χ2v) is 12.2. The number of nitrogens with zero attached hydrogens (tertiary/aromatic N) is 5. The van der Waals surface area contributed by atoms with Crippen molar-refractivity contribution in [3.05, 3.63) is 77.5 Å². The Bertz CT molecular complexity index is 1510. The highest BCUT2D eigenvalue weighted by Crippen LogP contribution is 2.25. The monoisotopic (exact) mass is 632 g/mol. The standard InChI is InChI=1S/C34H44N6O6/c1-22(2)19-26(35-31(41)25-15-10-11-17-29(25)45-21-30-37-36-23(3)46-30)32(42)40-18-12-16-27(40)34(44)39(6)28(33(43)38(4)5)20-24-13-8-7-9-14-24/h7-11,13-15,17,22,26-28H,12,16,18-21H2,1-6H3,(H,35,41)/t26-,27-,28+/m1/s1. The SMILES string of the molecule is Cc1nnc(COc2ccccc2C(=O)N[C@H](CC(C)C)C(=O)N2CCC[C@@H]2C(=O)N(C)[C@@H](Cc2ccccc2)C(=O)N(C)C)o1. The first kappa shape index (κ1) is 34.1. The number of likely N-dealkylation sites (tertiary alicyclic amines) is 1. The van der Waals surface area contributed by atoms with E-state index in [4.69, 9.17) is 9.15 Å². The zero-order valence-electron chi connectivity index (χ0n) is 27.4. The Morgan fingerprint density at radius 1 is 1.02 bits per heavy atom. The van der Waals surface area contributed by atoms with E-state index in [1.807, 2.05) is 44.2 Å². The number of carbonyl (C=O) groups excluding carboxylic acids is 4. The fraction of sp³-hybridized carbons (Fsp3) is 0.471. The minimum absolute atomic E-state index is 0.0217. The number of rotatable bonds is 13. The van der Waals surface area contributed by atoms with Gasteiger partial charge in [0.15, 0.2) is 6.61 Å². The van der Waals surface area contributed by atoms with Crippen molar-refractivity contribution in [3.8, 4) is 5.75 Å². The summed E-state index contributed by atoms with van der Waals surface area (Å²) < 4.78 is 11.2. The molecule has 4 rings (SSSR count). The first-order chi connectivity index (χ1) is 22.0. The molecule has 246 valence electrons. The molecule has 46 heavy (non-hydrogen) atoms. The van der Waals surface area contributed by atoms with Gasteiger partial charge in [-0.25, -0.2) is 0 Å². The number of nitrogens with one attached hydrogen (secondary N) is 1. The Hall–Kier alpha value is -4.74. The van der Waals surface area contributed by atoms with Gasteiger partial charge in [0, 0.05) is 41.0 Å². The molecule has 1 saturated heterocycles. The molecule has 0 bridgehead atoms. The van der Waals surface area contributed by atoms with Gasteiger partial charge in [0.1, 0.15) is 23.9 Å². The topological polar surface area (TPSA) is 138 Å². The molecular weight excluding hydrogens is 588 g/mol. The molecule has 3 aromatic rings. The molecule has 1 N–H and O–H groups in total. The Kier molecular flexibility index (Phi) is 11.5. The number of hydrogen-bond donors (Lipinski definition) is 1. The van der Waals surface area contributed by atoms with Crippen LogP contribution in [-0.4, -0.2) is 94.3 Å². The van der Waals surface area contributed by atoms with Crippen molar-refractivity contribution in [1.29, 1.82) is 0 Å². The first-order valence-electron chi connectivity index (χ1n) is 15.6. The summed E-state index contributed by atoms with van der Waals surface area (Å²) >= 11 is 0. The van der Waals surface area contributed by atoms with Crippen molar-refractivity contribution in [2.45, 2.75) is 71.2 Å². The molecule has 0 unspecified atom stereocenters. The molecule has 12 nitrogen and oxygen atoms in total. The molecule has 2 heterocycles. The number of aromatic nitrogens is 2. The molecule has 1 aliphatic heterocycles. The fourth-order valence-corrected chi connectivity index (χ4v) is 5.65. The van der Waals surface area contributed by atoms with E-state index in [2.05, 4.69) is 15.5 Å². The number of likely N-dealkylation sites (N-methyl/N-ethyl adjacent to an activating group) is 2. The van der Waals surface area contributed by atoms with Gasteiger partial charge in [-0.15, -0.1) is 10.2 Å². The van der Waals surface area contributed by atoms with Gasteiger partial charge in [-0.3, -0.25) is 19.2 Å². The summed E-state index contributed by atoms with van der Waals surface area (Å²) in [5.41, 5.74) is 1.18. The molecule has 0 spiro atoms. The van der Waals surface area contributed by atoms with Crippen LogP contribution < -0.4 is 10.1 Å². The predicted molar refractivity (Wildman–Crippen MR) is 171 cm³/mol. The quantitative estimate of drug-likeness (QED) is 0.303. The Labute approximate surface area is 270 Å². The van der Waals surface area contributed by atoms with E-state index in [9.17, 15) is 19.2 Å². The maximum Gasteiger partial charge on any atom is 0.255 e. The van der Waals surface area contributed by atoms with Crippen LogP contribution in [0.25, 0.3) is 0 Å². The van der Waals surface area contributed by atoms with E-state index in [0.29, 0.717) is 43.9 Å². The molecule has 1 fully saturated rings. The molecule has 3 atom stereocenters. The second-order valence-electron chi connectivity index (χ2n) is 12.2. The molecule has 1 aromatic heterocycles. The zero-order valence-corrected chi connectivity index (χ0v) is 27.4. The molecule has 12 heteroatoms. The minimum Gasteiger partial charge on any atom is -0.483 e. The molecule has 0 radical (unpaired) electrons. The summed E-state index contributed by atoms with van der Waals surface area (Å²) in [6.45, 7) is 5.97. The number of para-hydroxylation sites is 1. The third-order valence-corrected chi connectivity index (χ3v) is 8.00. The molecule has 0 aliphatic carbocycles. The maximum absolute atomic E-state index is 14.1. The van der Waals surface area contributed by atoms with E-state index >= 15 is 0 Å². The van der Waals surface area contributed by atoms with Gasteiger partial charge >= 0.3 is 0 Å². The largest absolute Gasteiger partial charge is 0.483 e. The van der Waals surface area contributed by atoms with Crippen LogP contribution in [0.2, 0.25) is 0 Å². The number of ether oxygens (including phenoxy) is 1. The Balaban J connectivity index is 1.51. The van der Waals surface area contributed by atoms with Gasteiger partial charge in [0.2, 0.25) is 23.6 Å². The highest BCUT2D eigenvalue weighted by atomic mass is 16.5. The first-order valence-corrected chi connectivity index (χ1v) is 15.6. The average molecular weight is 633 g/mol. The summed E-state index contributed by atoms with van der Waals surface area (Å²) in [5.74, 6) is -0.248. The summed E-state index contributed by atoms with van der Waals surface area (Å²) in [4.78, 5) is 59.4. The van der Waals surface area contributed by atoms with Gasteiger partial charge in [-0.05, 0) is 42.9 Å². The zero-order chi connectivity index (χ0) is 33.4. The normalized spacial score (nSPS) is 15.7. The van der Waals surface area contributed by atoms with Crippen molar-refractivity contribution in [1.82, 2.24) is 30.2 Å². The molecule has 0 saturated carbocycles. The predicted octanol–water partition coefficient (Wildman–Crippen LogP) is 3.25. The lowest BCUT2D eigenvalue weighted by molar-refractivity contribution is -0.149. The lowest BCUT2D eigenvalue weighted by Gasteiger charge is -2.35. The van der Waals surface area contributed by atoms with Crippen molar-refractivity contribution < 1.29 is 28.3 Å². The van der Waals surface area contributed by atoms with Crippen LogP contribution in [0.4, 0.5) is 0 Å². The van der Waals surface area contributed by atoms with E-state index < -0.39 is 24.0 Å². The molecule has 2 aromatic carbocycles. The van der Waals surface area contributed by atoms with E-state index in [-0.39, 0.29) is 41.7 Å². The van der Waals surface area contributed by atoms with Crippen LogP contribution in [0, 0.1) is 12.8 Å². The number of hydrogen-bond acceptors (Lipinski definition) is 8. The van der Waals surface area contributed by atoms with E-state index in [1.54, 1.807) is 57.2 Å². The third kappa shape index (κ3) is 8.49. The van der Waals surface area contributed by atoms with E-state index in [0.717, 1.165) is 5.56 Å².